The van der Waals surface area contributed by atoms with Crippen LogP contribution in [0.2, 0.25) is 0 Å². The third-order valence-corrected chi connectivity index (χ3v) is 6.50. The molecule has 3 aromatic carbocycles. The molecule has 1 heterocycles. The maximum absolute atomic E-state index is 13.0. The van der Waals surface area contributed by atoms with Gasteiger partial charge in [0, 0.05) is 6.07 Å². The largest absolute Gasteiger partial charge is 0.504 e. The van der Waals surface area contributed by atoms with E-state index >= 15 is 0 Å². The maximum Gasteiger partial charge on any atom is 0.342 e. The number of phenols is 7. The molecule has 45 heavy (non-hydrogen) atoms. The second-order valence-electron chi connectivity index (χ2n) is 9.57. The van der Waals surface area contributed by atoms with Gasteiger partial charge in [-0.2, -0.15) is 0 Å². The molecule has 1 saturated heterocycles. The number of aliphatic hydroxyl groups is 4. The Labute approximate surface area is 250 Å². The molecule has 0 bridgehead atoms. The first-order chi connectivity index (χ1) is 21.1. The summed E-state index contributed by atoms with van der Waals surface area (Å²) in [4.78, 5) is 24.3. The van der Waals surface area contributed by atoms with Crippen LogP contribution in [0.15, 0.2) is 30.3 Å². The SMILES string of the molecule is O=C(O)c1cc(O)c(O)c(Oc2c(C(=O)OCc3cc(O)c(O[C@@H]4O[C@H](CO)[C@@H](O)[C@H](O)[C@H]4O)c(O)c3)cc(O)c(O)c2O)c1. The fourth-order valence-electron chi connectivity index (χ4n) is 4.15. The first-order valence-corrected chi connectivity index (χ1v) is 12.6. The molecule has 5 atom stereocenters. The van der Waals surface area contributed by atoms with E-state index in [1.54, 1.807) is 0 Å². The van der Waals surface area contributed by atoms with Crippen LogP contribution in [-0.4, -0.2) is 111 Å². The van der Waals surface area contributed by atoms with E-state index in [-0.39, 0.29) is 5.56 Å². The van der Waals surface area contributed by atoms with Crippen molar-refractivity contribution in [3.8, 4) is 57.5 Å². The Morgan fingerprint density at radius 1 is 0.733 bits per heavy atom. The van der Waals surface area contributed by atoms with Crippen molar-refractivity contribution in [3.05, 3.63) is 47.0 Å². The number of carbonyl (C=O) groups is 2. The summed E-state index contributed by atoms with van der Waals surface area (Å²) >= 11 is 0. The summed E-state index contributed by atoms with van der Waals surface area (Å²) in [6, 6.07) is 3.87. The summed E-state index contributed by atoms with van der Waals surface area (Å²) < 4.78 is 20.7. The molecule has 18 heteroatoms. The molecule has 0 unspecified atom stereocenters. The van der Waals surface area contributed by atoms with Gasteiger partial charge in [-0.25, -0.2) is 9.59 Å². The van der Waals surface area contributed by atoms with Gasteiger partial charge >= 0.3 is 11.9 Å². The highest BCUT2D eigenvalue weighted by Crippen LogP contribution is 2.49. The summed E-state index contributed by atoms with van der Waals surface area (Å²) in [6.45, 7) is -1.49. The van der Waals surface area contributed by atoms with Crippen molar-refractivity contribution in [1.29, 1.82) is 0 Å². The first kappa shape index (κ1) is 32.5. The second-order valence-corrected chi connectivity index (χ2v) is 9.57. The predicted octanol–water partition coefficient (Wildman–Crippen LogP) is -0.348. The number of ether oxygens (including phenoxy) is 4. The lowest BCUT2D eigenvalue weighted by molar-refractivity contribution is -0.277. The van der Waals surface area contributed by atoms with Crippen molar-refractivity contribution < 1.29 is 89.8 Å². The fraction of sp³-hybridized carbons (Fsp3) is 0.259. The predicted molar refractivity (Wildman–Crippen MR) is 142 cm³/mol. The third-order valence-electron chi connectivity index (χ3n) is 6.50. The van der Waals surface area contributed by atoms with Gasteiger partial charge in [-0.3, -0.25) is 0 Å². The van der Waals surface area contributed by atoms with Gasteiger partial charge in [-0.15, -0.1) is 0 Å². The van der Waals surface area contributed by atoms with E-state index in [0.29, 0.717) is 12.1 Å². The van der Waals surface area contributed by atoms with E-state index < -0.39 is 124 Å². The Hall–Kier alpha value is -5.40. The molecule has 0 radical (unpaired) electrons. The molecular weight excluding hydrogens is 612 g/mol. The van der Waals surface area contributed by atoms with Crippen molar-refractivity contribution in [3.63, 3.8) is 0 Å². The molecule has 18 nitrogen and oxygen atoms in total. The lowest BCUT2D eigenvalue weighted by atomic mass is 9.99. The third kappa shape index (κ3) is 6.44. The van der Waals surface area contributed by atoms with E-state index in [1.807, 2.05) is 0 Å². The minimum absolute atomic E-state index is 0.0917. The number of carbonyl (C=O) groups excluding carboxylic acids is 1. The van der Waals surface area contributed by atoms with Gasteiger partial charge in [0.15, 0.2) is 34.5 Å². The highest BCUT2D eigenvalue weighted by Gasteiger charge is 2.45. The number of hydrogen-bond donors (Lipinski definition) is 12. The van der Waals surface area contributed by atoms with Crippen LogP contribution in [0.5, 0.6) is 57.5 Å². The summed E-state index contributed by atoms with van der Waals surface area (Å²) in [5.41, 5.74) is -1.45. The molecule has 3 aromatic rings. The van der Waals surface area contributed by atoms with E-state index in [4.69, 9.17) is 18.9 Å². The average Bonchev–Trinajstić information content (AvgIpc) is 2.99. The van der Waals surface area contributed by atoms with Gasteiger partial charge in [0.25, 0.3) is 0 Å². The van der Waals surface area contributed by atoms with Crippen LogP contribution in [0.3, 0.4) is 0 Å². The number of phenolic OH excluding ortho intramolecular Hbond substituents is 7. The van der Waals surface area contributed by atoms with Crippen molar-refractivity contribution in [2.45, 2.75) is 37.3 Å². The smallest absolute Gasteiger partial charge is 0.342 e. The first-order valence-electron chi connectivity index (χ1n) is 12.6. The molecule has 0 amide bonds. The van der Waals surface area contributed by atoms with Crippen LogP contribution >= 0.6 is 0 Å². The summed E-state index contributed by atoms with van der Waals surface area (Å²) in [7, 11) is 0. The maximum atomic E-state index is 13.0. The zero-order valence-electron chi connectivity index (χ0n) is 22.5. The quantitative estimate of drug-likeness (QED) is 0.105. The molecule has 1 fully saturated rings. The number of rotatable bonds is 9. The number of carboxylic acid groups (broad SMARTS) is 1. The van der Waals surface area contributed by atoms with Gasteiger partial charge in [-0.05, 0) is 29.8 Å². The van der Waals surface area contributed by atoms with Gasteiger partial charge < -0.3 is 80.2 Å². The van der Waals surface area contributed by atoms with Crippen molar-refractivity contribution in [1.82, 2.24) is 0 Å². The molecule has 4 rings (SSSR count). The summed E-state index contributed by atoms with van der Waals surface area (Å²) in [6.07, 6.45) is -8.48. The van der Waals surface area contributed by atoms with Crippen molar-refractivity contribution in [2.24, 2.45) is 0 Å². The van der Waals surface area contributed by atoms with Crippen LogP contribution in [0.1, 0.15) is 26.3 Å². The van der Waals surface area contributed by atoms with Gasteiger partial charge in [-0.1, -0.05) is 0 Å². The number of hydrogen-bond acceptors (Lipinski definition) is 17. The normalized spacial score (nSPS) is 21.2. The Bertz CT molecular complexity index is 1590. The standard InChI is InChI=1S/C27H26O18/c28-6-16-19(35)20(36)22(38)27(44-16)45-24-13(31)1-8(2-14(24)32)7-42-26(41)10-5-12(30)18(34)21(37)23(10)43-15-4-9(25(39)40)3-11(29)17(15)33/h1-5,16,19-20,22,27-38H,6-7H2,(H,39,40)/t16-,19-,20+,22-,27+/m1/s1. The number of carboxylic acids is 1. The Balaban J connectivity index is 1.56. The van der Waals surface area contributed by atoms with Crippen LogP contribution < -0.4 is 9.47 Å². The molecule has 1 aliphatic rings. The van der Waals surface area contributed by atoms with Gasteiger partial charge in [0.1, 0.15) is 36.6 Å². The lowest BCUT2D eigenvalue weighted by Crippen LogP contribution is -2.60. The number of aromatic carboxylic acids is 1. The van der Waals surface area contributed by atoms with E-state index in [1.165, 1.54) is 0 Å². The van der Waals surface area contributed by atoms with E-state index in [9.17, 15) is 70.9 Å². The average molecular weight is 638 g/mol. The van der Waals surface area contributed by atoms with E-state index in [0.717, 1.165) is 18.2 Å². The number of aromatic hydroxyl groups is 7. The minimum atomic E-state index is -1.87. The molecular formula is C27H26O18. The molecule has 0 aromatic heterocycles. The van der Waals surface area contributed by atoms with Crippen molar-refractivity contribution >= 4 is 11.9 Å². The monoisotopic (exact) mass is 638 g/mol. The zero-order chi connectivity index (χ0) is 33.3. The minimum Gasteiger partial charge on any atom is -0.504 e. The Morgan fingerprint density at radius 2 is 1.36 bits per heavy atom. The lowest BCUT2D eigenvalue weighted by Gasteiger charge is -2.39. The van der Waals surface area contributed by atoms with Crippen LogP contribution in [-0.2, 0) is 16.1 Å². The number of esters is 1. The van der Waals surface area contributed by atoms with E-state index in [2.05, 4.69) is 0 Å². The molecule has 0 saturated carbocycles. The second kappa shape index (κ2) is 12.7. The number of aliphatic hydroxyl groups excluding tert-OH is 4. The van der Waals surface area contributed by atoms with Crippen LogP contribution in [0, 0.1) is 0 Å². The Morgan fingerprint density at radius 3 is 1.96 bits per heavy atom. The molecule has 0 aliphatic carbocycles. The zero-order valence-corrected chi connectivity index (χ0v) is 22.5. The highest BCUT2D eigenvalue weighted by molar-refractivity contribution is 5.95. The van der Waals surface area contributed by atoms with Crippen LogP contribution in [0.4, 0.5) is 0 Å². The highest BCUT2D eigenvalue weighted by atomic mass is 16.7. The molecule has 1 aliphatic heterocycles. The fourth-order valence-corrected chi connectivity index (χ4v) is 4.15. The summed E-state index contributed by atoms with van der Waals surface area (Å²) in [5.74, 6) is -12.3. The topological polar surface area (TPSA) is 314 Å². The van der Waals surface area contributed by atoms with Gasteiger partial charge in [0.05, 0.1) is 12.2 Å². The van der Waals surface area contributed by atoms with Gasteiger partial charge in [0.2, 0.25) is 29.3 Å². The number of benzene rings is 3. The van der Waals surface area contributed by atoms with Crippen LogP contribution in [0.25, 0.3) is 0 Å². The van der Waals surface area contributed by atoms with Crippen molar-refractivity contribution in [2.75, 3.05) is 6.61 Å². The molecule has 0 spiro atoms. The Kier molecular flexibility index (Phi) is 9.16. The molecule has 12 N–H and O–H groups in total. The molecule has 242 valence electrons. The summed E-state index contributed by atoms with van der Waals surface area (Å²) in [5, 5.41) is 119.